The van der Waals surface area contributed by atoms with Crippen LogP contribution in [0, 0.1) is 17.7 Å². The van der Waals surface area contributed by atoms with Gasteiger partial charge < -0.3 is 10.5 Å². The van der Waals surface area contributed by atoms with E-state index in [0.717, 1.165) is 43.2 Å². The van der Waals surface area contributed by atoms with E-state index in [2.05, 4.69) is 21.6 Å². The lowest BCUT2D eigenvalue weighted by Crippen LogP contribution is -2.13. The third-order valence-electron chi connectivity index (χ3n) is 4.44. The van der Waals surface area contributed by atoms with Gasteiger partial charge in [0.25, 0.3) is 0 Å². The van der Waals surface area contributed by atoms with Crippen LogP contribution in [0.15, 0.2) is 53.5 Å². The maximum absolute atomic E-state index is 13.6. The number of carbonyl (C=O) groups is 1. The van der Waals surface area contributed by atoms with E-state index in [4.69, 9.17) is 5.73 Å². The Bertz CT molecular complexity index is 880. The standard InChI is InChI=1S/C24H27FN2O2/c1-29-23(28)11-5-3-2-4-8-18-27-24(26)21-16-13-19(14-17-21)12-15-20-9-6-7-10-22(20)25/h6-7,9-10,13-14,16-17H,2-5,8,11,18H2,1H3,(H2,26,27). The molecule has 2 aromatic rings. The van der Waals surface area contributed by atoms with Gasteiger partial charge in [-0.25, -0.2) is 4.39 Å². The molecule has 0 fully saturated rings. The molecule has 0 aliphatic carbocycles. The summed E-state index contributed by atoms with van der Waals surface area (Å²) in [4.78, 5) is 15.4. The zero-order chi connectivity index (χ0) is 20.9. The number of methoxy groups -OCH3 is 1. The normalized spacial score (nSPS) is 10.9. The number of carbonyl (C=O) groups excluding carboxylic acids is 1. The Balaban J connectivity index is 1.75. The molecule has 0 bridgehead atoms. The van der Waals surface area contributed by atoms with Crippen LogP contribution in [0.5, 0.6) is 0 Å². The Kier molecular flexibility index (Phi) is 9.44. The zero-order valence-corrected chi connectivity index (χ0v) is 16.8. The quantitative estimate of drug-likeness (QED) is 0.225. The number of nitrogens with zero attached hydrogens (tertiary/aromatic N) is 1. The number of benzene rings is 2. The first-order valence-electron chi connectivity index (χ1n) is 9.84. The molecule has 2 aromatic carbocycles. The summed E-state index contributed by atoms with van der Waals surface area (Å²) in [6.45, 7) is 0.678. The van der Waals surface area contributed by atoms with Crippen molar-refractivity contribution in [3.8, 4) is 11.8 Å². The second kappa shape index (κ2) is 12.4. The van der Waals surface area contributed by atoms with E-state index in [9.17, 15) is 9.18 Å². The van der Waals surface area contributed by atoms with Crippen molar-refractivity contribution >= 4 is 11.8 Å². The van der Waals surface area contributed by atoms with Crippen LogP contribution in [0.4, 0.5) is 4.39 Å². The van der Waals surface area contributed by atoms with Crippen LogP contribution in [0.2, 0.25) is 0 Å². The number of esters is 1. The molecule has 2 rings (SSSR count). The highest BCUT2D eigenvalue weighted by Gasteiger charge is 2.00. The summed E-state index contributed by atoms with van der Waals surface area (Å²) in [7, 11) is 1.41. The molecule has 0 amide bonds. The van der Waals surface area contributed by atoms with E-state index in [1.165, 1.54) is 13.2 Å². The van der Waals surface area contributed by atoms with E-state index < -0.39 is 0 Å². The Hall–Kier alpha value is -3.13. The first-order valence-corrected chi connectivity index (χ1v) is 9.84. The first-order chi connectivity index (χ1) is 14.1. The molecule has 2 N–H and O–H groups in total. The number of nitrogens with two attached hydrogens (primary N) is 1. The minimum atomic E-state index is -0.323. The minimum absolute atomic E-state index is 0.147. The number of rotatable bonds is 9. The van der Waals surface area contributed by atoms with Crippen molar-refractivity contribution < 1.29 is 13.9 Å². The number of amidine groups is 1. The second-order valence-electron chi connectivity index (χ2n) is 6.67. The van der Waals surface area contributed by atoms with E-state index in [1.54, 1.807) is 18.2 Å². The third-order valence-corrected chi connectivity index (χ3v) is 4.44. The van der Waals surface area contributed by atoms with Gasteiger partial charge in [0.05, 0.1) is 12.7 Å². The Morgan fingerprint density at radius 2 is 1.69 bits per heavy atom. The fourth-order valence-corrected chi connectivity index (χ4v) is 2.73. The molecule has 0 unspecified atom stereocenters. The van der Waals surface area contributed by atoms with Crippen LogP contribution >= 0.6 is 0 Å². The van der Waals surface area contributed by atoms with Gasteiger partial charge in [0.15, 0.2) is 0 Å². The molecule has 152 valence electrons. The third kappa shape index (κ3) is 8.18. The van der Waals surface area contributed by atoms with Gasteiger partial charge in [-0.05, 0) is 37.1 Å². The highest BCUT2D eigenvalue weighted by molar-refractivity contribution is 5.97. The van der Waals surface area contributed by atoms with Crippen LogP contribution in [-0.4, -0.2) is 25.5 Å². The van der Waals surface area contributed by atoms with Crippen LogP contribution in [0.25, 0.3) is 0 Å². The molecule has 0 radical (unpaired) electrons. The van der Waals surface area contributed by atoms with Crippen LogP contribution in [0.1, 0.15) is 55.2 Å². The topological polar surface area (TPSA) is 64.7 Å². The number of unbranched alkanes of at least 4 members (excludes halogenated alkanes) is 4. The average Bonchev–Trinajstić information content (AvgIpc) is 2.75. The van der Waals surface area contributed by atoms with Gasteiger partial charge in [0.2, 0.25) is 0 Å². The van der Waals surface area contributed by atoms with Crippen molar-refractivity contribution in [2.24, 2.45) is 10.7 Å². The molecule has 0 heterocycles. The molecule has 0 saturated carbocycles. The van der Waals surface area contributed by atoms with Gasteiger partial charge >= 0.3 is 5.97 Å². The second-order valence-corrected chi connectivity index (χ2v) is 6.67. The zero-order valence-electron chi connectivity index (χ0n) is 16.8. The fraction of sp³-hybridized carbons (Fsp3) is 0.333. The molecule has 0 aliphatic heterocycles. The lowest BCUT2D eigenvalue weighted by Gasteiger charge is -2.03. The predicted molar refractivity (Wildman–Crippen MR) is 114 cm³/mol. The van der Waals surface area contributed by atoms with Crippen molar-refractivity contribution in [1.82, 2.24) is 0 Å². The number of halogens is 1. The summed E-state index contributed by atoms with van der Waals surface area (Å²) < 4.78 is 18.2. The number of hydrogen-bond acceptors (Lipinski definition) is 3. The molecular formula is C24H27FN2O2. The number of ether oxygens (including phenoxy) is 1. The molecule has 0 aliphatic rings. The van der Waals surface area contributed by atoms with Crippen LogP contribution in [0.3, 0.4) is 0 Å². The van der Waals surface area contributed by atoms with Gasteiger partial charge in [0, 0.05) is 24.1 Å². The highest BCUT2D eigenvalue weighted by atomic mass is 19.1. The first kappa shape index (κ1) is 22.2. The molecule has 0 saturated heterocycles. The highest BCUT2D eigenvalue weighted by Crippen LogP contribution is 2.08. The molecule has 4 nitrogen and oxygen atoms in total. The Morgan fingerprint density at radius 1 is 1.00 bits per heavy atom. The molecule has 0 aromatic heterocycles. The molecule has 29 heavy (non-hydrogen) atoms. The summed E-state index contributed by atoms with van der Waals surface area (Å²) >= 11 is 0. The summed E-state index contributed by atoms with van der Waals surface area (Å²) in [6, 6.07) is 13.9. The molecule has 0 atom stereocenters. The smallest absolute Gasteiger partial charge is 0.305 e. The van der Waals surface area contributed by atoms with Crippen LogP contribution < -0.4 is 5.73 Å². The average molecular weight is 394 g/mol. The lowest BCUT2D eigenvalue weighted by molar-refractivity contribution is -0.140. The Labute approximate surface area is 172 Å². The summed E-state index contributed by atoms with van der Waals surface area (Å²) in [6.07, 6.45) is 5.46. The van der Waals surface area contributed by atoms with Gasteiger partial charge in [-0.15, -0.1) is 0 Å². The largest absolute Gasteiger partial charge is 0.469 e. The summed E-state index contributed by atoms with van der Waals surface area (Å²) in [5, 5.41) is 0. The maximum atomic E-state index is 13.6. The number of aliphatic imine (C=N–C) groups is 1. The van der Waals surface area contributed by atoms with Gasteiger partial charge in [-0.2, -0.15) is 0 Å². The Morgan fingerprint density at radius 3 is 2.41 bits per heavy atom. The van der Waals surface area contributed by atoms with Crippen molar-refractivity contribution in [3.05, 3.63) is 71.0 Å². The minimum Gasteiger partial charge on any atom is -0.469 e. The van der Waals surface area contributed by atoms with Crippen molar-refractivity contribution in [2.75, 3.05) is 13.7 Å². The van der Waals surface area contributed by atoms with Gasteiger partial charge in [0.1, 0.15) is 11.7 Å². The van der Waals surface area contributed by atoms with Gasteiger partial charge in [-0.3, -0.25) is 9.79 Å². The maximum Gasteiger partial charge on any atom is 0.305 e. The summed E-state index contributed by atoms with van der Waals surface area (Å²) in [5.41, 5.74) is 8.07. The molecule has 0 spiro atoms. The molecule has 5 heteroatoms. The molecular weight excluding hydrogens is 367 g/mol. The number of hydrogen-bond donors (Lipinski definition) is 1. The summed E-state index contributed by atoms with van der Waals surface area (Å²) in [5.74, 6) is 5.83. The monoisotopic (exact) mass is 394 g/mol. The predicted octanol–water partition coefficient (Wildman–Crippen LogP) is 4.44. The van der Waals surface area contributed by atoms with Crippen molar-refractivity contribution in [1.29, 1.82) is 0 Å². The van der Waals surface area contributed by atoms with E-state index in [-0.39, 0.29) is 11.8 Å². The lowest BCUT2D eigenvalue weighted by atomic mass is 10.1. The van der Waals surface area contributed by atoms with E-state index in [1.807, 2.05) is 24.3 Å². The van der Waals surface area contributed by atoms with E-state index >= 15 is 0 Å². The van der Waals surface area contributed by atoms with E-state index in [0.29, 0.717) is 24.4 Å². The van der Waals surface area contributed by atoms with Crippen LogP contribution in [-0.2, 0) is 9.53 Å². The SMILES string of the molecule is COC(=O)CCCCCCCN=C(N)c1ccc(C#Cc2ccccc2F)cc1. The van der Waals surface area contributed by atoms with Crippen molar-refractivity contribution in [2.45, 2.75) is 38.5 Å². The van der Waals surface area contributed by atoms with Gasteiger partial charge in [-0.1, -0.05) is 55.4 Å². The fourth-order valence-electron chi connectivity index (χ4n) is 2.73. The van der Waals surface area contributed by atoms with Crippen molar-refractivity contribution in [3.63, 3.8) is 0 Å².